The Morgan fingerprint density at radius 2 is 2.14 bits per heavy atom. The molecule has 0 aromatic carbocycles. The molecule has 0 aliphatic rings. The van der Waals surface area contributed by atoms with Crippen LogP contribution >= 0.6 is 22.0 Å². The Labute approximate surface area is 89.1 Å². The van der Waals surface area contributed by atoms with Crippen LogP contribution in [0.15, 0.2) is 5.03 Å². The molecule has 5 nitrogen and oxygen atoms in total. The molecular formula is C6H6ClNO4S2. The SMILES string of the molecule is COC(=O)c1sc(C)nc1S(=O)(=O)Cl. The summed E-state index contributed by atoms with van der Waals surface area (Å²) in [6, 6.07) is 0. The van der Waals surface area contributed by atoms with E-state index >= 15 is 0 Å². The summed E-state index contributed by atoms with van der Waals surface area (Å²) in [5.74, 6) is -0.755. The van der Waals surface area contributed by atoms with Gasteiger partial charge in [-0.25, -0.2) is 18.2 Å². The molecule has 1 aromatic heterocycles. The highest BCUT2D eigenvalue weighted by molar-refractivity contribution is 8.13. The Kier molecular flexibility index (Phi) is 3.13. The molecule has 0 atom stereocenters. The molecule has 0 saturated heterocycles. The van der Waals surface area contributed by atoms with Crippen molar-refractivity contribution >= 4 is 37.0 Å². The van der Waals surface area contributed by atoms with Crippen LogP contribution in [0.5, 0.6) is 0 Å². The third-order valence-electron chi connectivity index (χ3n) is 1.30. The van der Waals surface area contributed by atoms with E-state index in [9.17, 15) is 13.2 Å². The first-order chi connectivity index (χ1) is 6.36. The zero-order valence-corrected chi connectivity index (χ0v) is 9.66. The van der Waals surface area contributed by atoms with Gasteiger partial charge < -0.3 is 4.74 Å². The maximum Gasteiger partial charge on any atom is 0.351 e. The number of hydrogen-bond donors (Lipinski definition) is 0. The number of ether oxygens (including phenoxy) is 1. The molecule has 1 heterocycles. The van der Waals surface area contributed by atoms with E-state index in [1.165, 1.54) is 0 Å². The molecule has 0 aliphatic carbocycles. The largest absolute Gasteiger partial charge is 0.465 e. The van der Waals surface area contributed by atoms with E-state index in [-0.39, 0.29) is 4.88 Å². The molecular weight excluding hydrogens is 250 g/mol. The number of methoxy groups -OCH3 is 1. The summed E-state index contributed by atoms with van der Waals surface area (Å²) in [5.41, 5.74) is 0. The first-order valence-electron chi connectivity index (χ1n) is 3.36. The molecule has 1 aromatic rings. The lowest BCUT2D eigenvalue weighted by atomic mass is 10.6. The minimum Gasteiger partial charge on any atom is -0.465 e. The second-order valence-electron chi connectivity index (χ2n) is 2.30. The summed E-state index contributed by atoms with van der Waals surface area (Å²) in [5, 5.41) is -0.00172. The van der Waals surface area contributed by atoms with Crippen molar-refractivity contribution in [1.82, 2.24) is 4.98 Å². The van der Waals surface area contributed by atoms with Crippen LogP contribution in [0, 0.1) is 6.92 Å². The quantitative estimate of drug-likeness (QED) is 0.586. The van der Waals surface area contributed by atoms with Crippen molar-refractivity contribution in [2.45, 2.75) is 11.9 Å². The predicted octanol–water partition coefficient (Wildman–Crippen LogP) is 1.17. The van der Waals surface area contributed by atoms with E-state index in [4.69, 9.17) is 10.7 Å². The van der Waals surface area contributed by atoms with E-state index < -0.39 is 20.0 Å². The number of thiazole rings is 1. The number of aromatic nitrogens is 1. The van der Waals surface area contributed by atoms with Crippen LogP contribution in [0.25, 0.3) is 0 Å². The highest BCUT2D eigenvalue weighted by Gasteiger charge is 2.26. The van der Waals surface area contributed by atoms with Gasteiger partial charge in [-0.3, -0.25) is 0 Å². The number of halogens is 1. The van der Waals surface area contributed by atoms with Crippen molar-refractivity contribution in [3.63, 3.8) is 0 Å². The van der Waals surface area contributed by atoms with Gasteiger partial charge in [-0.05, 0) is 6.92 Å². The predicted molar refractivity (Wildman–Crippen MR) is 51.2 cm³/mol. The number of rotatable bonds is 2. The van der Waals surface area contributed by atoms with Gasteiger partial charge in [-0.15, -0.1) is 11.3 Å². The Balaban J connectivity index is 3.38. The molecule has 0 saturated carbocycles. The summed E-state index contributed by atoms with van der Waals surface area (Å²) in [6.45, 7) is 1.57. The molecule has 0 spiro atoms. The lowest BCUT2D eigenvalue weighted by molar-refractivity contribution is 0.0601. The zero-order chi connectivity index (χ0) is 10.9. The van der Waals surface area contributed by atoms with Crippen molar-refractivity contribution in [2.24, 2.45) is 0 Å². The second-order valence-corrected chi connectivity index (χ2v) is 5.98. The van der Waals surface area contributed by atoms with Crippen LogP contribution < -0.4 is 0 Å². The van der Waals surface area contributed by atoms with Gasteiger partial charge in [0, 0.05) is 10.7 Å². The monoisotopic (exact) mass is 255 g/mol. The standard InChI is InChI=1S/C6H6ClNO4S2/c1-3-8-5(14(7,10)11)4(13-3)6(9)12-2/h1-2H3. The highest BCUT2D eigenvalue weighted by Crippen LogP contribution is 2.25. The Hall–Kier alpha value is -0.660. The third-order valence-corrected chi connectivity index (χ3v) is 3.58. The van der Waals surface area contributed by atoms with Crippen LogP contribution in [-0.2, 0) is 13.8 Å². The van der Waals surface area contributed by atoms with E-state index in [1.54, 1.807) is 6.92 Å². The molecule has 0 unspecified atom stereocenters. The van der Waals surface area contributed by atoms with E-state index in [0.29, 0.717) is 5.01 Å². The molecule has 0 fully saturated rings. The average Bonchev–Trinajstić information content (AvgIpc) is 2.45. The smallest absolute Gasteiger partial charge is 0.351 e. The first kappa shape index (κ1) is 11.4. The highest BCUT2D eigenvalue weighted by atomic mass is 35.7. The first-order valence-corrected chi connectivity index (χ1v) is 6.49. The van der Waals surface area contributed by atoms with Crippen LogP contribution in [0.3, 0.4) is 0 Å². The summed E-state index contributed by atoms with van der Waals surface area (Å²) in [7, 11) is 2.24. The number of hydrogen-bond acceptors (Lipinski definition) is 6. The minimum absolute atomic E-state index is 0.0972. The summed E-state index contributed by atoms with van der Waals surface area (Å²) < 4.78 is 26.4. The fourth-order valence-electron chi connectivity index (χ4n) is 0.795. The molecule has 8 heteroatoms. The second kappa shape index (κ2) is 3.84. The lowest BCUT2D eigenvalue weighted by Crippen LogP contribution is -2.04. The maximum atomic E-state index is 11.1. The van der Waals surface area contributed by atoms with Crippen LogP contribution in [0.1, 0.15) is 14.7 Å². The molecule has 0 radical (unpaired) electrons. The van der Waals surface area contributed by atoms with Crippen molar-refractivity contribution in [1.29, 1.82) is 0 Å². The topological polar surface area (TPSA) is 73.3 Å². The maximum absolute atomic E-state index is 11.1. The van der Waals surface area contributed by atoms with E-state index in [2.05, 4.69) is 9.72 Å². The lowest BCUT2D eigenvalue weighted by Gasteiger charge is -1.95. The summed E-state index contributed by atoms with van der Waals surface area (Å²) >= 11 is 0.925. The fraction of sp³-hybridized carbons (Fsp3) is 0.333. The Morgan fingerprint density at radius 1 is 1.57 bits per heavy atom. The van der Waals surface area contributed by atoms with E-state index in [1.807, 2.05) is 0 Å². The molecule has 0 amide bonds. The molecule has 1 rings (SSSR count). The fourth-order valence-corrected chi connectivity index (χ4v) is 3.06. The van der Waals surface area contributed by atoms with Crippen molar-refractivity contribution in [3.05, 3.63) is 9.88 Å². The van der Waals surface area contributed by atoms with Gasteiger partial charge in [0.05, 0.1) is 12.1 Å². The summed E-state index contributed by atoms with van der Waals surface area (Å²) in [6.07, 6.45) is 0. The van der Waals surface area contributed by atoms with Crippen LogP contribution in [-0.4, -0.2) is 26.5 Å². The normalized spacial score (nSPS) is 11.4. The van der Waals surface area contributed by atoms with Crippen molar-refractivity contribution < 1.29 is 17.9 Å². The number of aryl methyl sites for hydroxylation is 1. The Morgan fingerprint density at radius 3 is 2.57 bits per heavy atom. The van der Waals surface area contributed by atoms with Gasteiger partial charge in [0.2, 0.25) is 0 Å². The van der Waals surface area contributed by atoms with E-state index in [0.717, 1.165) is 18.4 Å². The van der Waals surface area contributed by atoms with Crippen molar-refractivity contribution in [2.75, 3.05) is 7.11 Å². The van der Waals surface area contributed by atoms with Gasteiger partial charge in [-0.1, -0.05) is 0 Å². The molecule has 0 N–H and O–H groups in total. The van der Waals surface area contributed by atoms with Crippen molar-refractivity contribution in [3.8, 4) is 0 Å². The summed E-state index contributed by atoms with van der Waals surface area (Å²) in [4.78, 5) is 14.7. The van der Waals surface area contributed by atoms with Crippen LogP contribution in [0.2, 0.25) is 0 Å². The minimum atomic E-state index is -4.00. The third kappa shape index (κ3) is 2.23. The molecule has 14 heavy (non-hydrogen) atoms. The van der Waals surface area contributed by atoms with Gasteiger partial charge in [0.1, 0.15) is 0 Å². The number of nitrogens with zero attached hydrogens (tertiary/aromatic N) is 1. The van der Waals surface area contributed by atoms with Gasteiger partial charge in [-0.2, -0.15) is 0 Å². The number of carbonyl (C=O) groups excluding carboxylic acids is 1. The molecule has 0 bridgehead atoms. The number of carbonyl (C=O) groups is 1. The van der Waals surface area contributed by atoms with Crippen LogP contribution in [0.4, 0.5) is 0 Å². The van der Waals surface area contributed by atoms with Gasteiger partial charge in [0.25, 0.3) is 9.05 Å². The molecule has 0 aliphatic heterocycles. The van der Waals surface area contributed by atoms with Gasteiger partial charge in [0.15, 0.2) is 9.90 Å². The molecule has 78 valence electrons. The van der Waals surface area contributed by atoms with Gasteiger partial charge >= 0.3 is 5.97 Å². The zero-order valence-electron chi connectivity index (χ0n) is 7.27. The number of esters is 1. The average molecular weight is 256 g/mol. The Bertz CT molecular complexity index is 464.